The molecule has 192 valence electrons. The summed E-state index contributed by atoms with van der Waals surface area (Å²) in [5.74, 6) is -3.41. The van der Waals surface area contributed by atoms with Crippen LogP contribution in [0.2, 0.25) is 0 Å². The lowest BCUT2D eigenvalue weighted by atomic mass is 9.59. The van der Waals surface area contributed by atoms with Gasteiger partial charge in [0.1, 0.15) is 0 Å². The van der Waals surface area contributed by atoms with Crippen LogP contribution in [-0.4, -0.2) is 35.6 Å². The van der Waals surface area contributed by atoms with Crippen molar-refractivity contribution < 1.29 is 29.0 Å². The fourth-order valence-electron chi connectivity index (χ4n) is 6.52. The Kier molecular flexibility index (Phi) is 5.76. The maximum Gasteiger partial charge on any atom is 0.238 e. The lowest BCUT2D eigenvalue weighted by Crippen LogP contribution is -2.39. The number of imide groups is 1. The molecule has 0 bridgehead atoms. The van der Waals surface area contributed by atoms with E-state index in [0.717, 1.165) is 10.0 Å². The molecule has 3 aliphatic carbocycles. The number of fused-ring (bicyclic) bond motifs is 3. The van der Waals surface area contributed by atoms with Gasteiger partial charge in [-0.3, -0.25) is 24.1 Å². The number of aromatic hydroxyl groups is 1. The van der Waals surface area contributed by atoms with Crippen LogP contribution in [0, 0.1) is 17.8 Å². The first-order valence-corrected chi connectivity index (χ1v) is 13.2. The van der Waals surface area contributed by atoms with E-state index < -0.39 is 23.7 Å². The number of anilines is 1. The SMILES string of the molecule is COc1cccc(C2C3=CCC4C(=O)N(c5ccc(Br)cc5)C(=O)C4C3CC3=C2C(=O)C=C(C)C3=O)c1O. The number of phenols is 1. The minimum absolute atomic E-state index is 0.118. The van der Waals surface area contributed by atoms with Gasteiger partial charge in [0, 0.05) is 32.7 Å². The lowest BCUT2D eigenvalue weighted by Gasteiger charge is -2.42. The van der Waals surface area contributed by atoms with E-state index in [4.69, 9.17) is 4.74 Å². The zero-order valence-corrected chi connectivity index (χ0v) is 22.3. The molecule has 2 aromatic rings. The number of hydrogen-bond donors (Lipinski definition) is 1. The van der Waals surface area contributed by atoms with Crippen molar-refractivity contribution in [3.8, 4) is 11.5 Å². The zero-order valence-electron chi connectivity index (χ0n) is 20.7. The van der Waals surface area contributed by atoms with Crippen LogP contribution in [0.1, 0.15) is 31.2 Å². The fourth-order valence-corrected chi connectivity index (χ4v) is 6.78. The first kappa shape index (κ1) is 24.6. The van der Waals surface area contributed by atoms with E-state index in [1.807, 2.05) is 6.08 Å². The Balaban J connectivity index is 1.51. The van der Waals surface area contributed by atoms with Crippen molar-refractivity contribution in [2.75, 3.05) is 12.0 Å². The highest BCUT2D eigenvalue weighted by Crippen LogP contribution is 2.57. The van der Waals surface area contributed by atoms with Crippen molar-refractivity contribution in [2.24, 2.45) is 17.8 Å². The largest absolute Gasteiger partial charge is 0.504 e. The number of ketones is 2. The predicted molar refractivity (Wildman–Crippen MR) is 143 cm³/mol. The Labute approximate surface area is 227 Å². The molecule has 1 fully saturated rings. The van der Waals surface area contributed by atoms with E-state index in [9.17, 15) is 24.3 Å². The molecule has 4 unspecified atom stereocenters. The summed E-state index contributed by atoms with van der Waals surface area (Å²) in [4.78, 5) is 55.4. The van der Waals surface area contributed by atoms with Gasteiger partial charge in [-0.25, -0.2) is 0 Å². The van der Waals surface area contributed by atoms with E-state index >= 15 is 0 Å². The minimum Gasteiger partial charge on any atom is -0.504 e. The van der Waals surface area contributed by atoms with Crippen LogP contribution in [0.15, 0.2) is 81.4 Å². The Morgan fingerprint density at radius 1 is 1.00 bits per heavy atom. The number of allylic oxidation sites excluding steroid dienone is 6. The molecule has 7 nitrogen and oxygen atoms in total. The molecule has 0 spiro atoms. The van der Waals surface area contributed by atoms with Crippen LogP contribution >= 0.6 is 15.9 Å². The Morgan fingerprint density at radius 2 is 1.74 bits per heavy atom. The molecule has 6 rings (SSSR count). The highest BCUT2D eigenvalue weighted by molar-refractivity contribution is 9.10. The van der Waals surface area contributed by atoms with Gasteiger partial charge in [0.25, 0.3) is 0 Å². The number of benzene rings is 2. The van der Waals surface area contributed by atoms with Gasteiger partial charge in [-0.2, -0.15) is 0 Å². The Morgan fingerprint density at radius 3 is 2.45 bits per heavy atom. The zero-order chi connectivity index (χ0) is 26.9. The van der Waals surface area contributed by atoms with Crippen LogP contribution in [0.25, 0.3) is 0 Å². The highest BCUT2D eigenvalue weighted by Gasteiger charge is 2.56. The Bertz CT molecular complexity index is 1530. The molecule has 8 heteroatoms. The van der Waals surface area contributed by atoms with Gasteiger partial charge in [0.15, 0.2) is 23.1 Å². The quantitative estimate of drug-likeness (QED) is 0.321. The molecule has 0 radical (unpaired) electrons. The van der Waals surface area contributed by atoms with Crippen molar-refractivity contribution in [1.29, 1.82) is 0 Å². The summed E-state index contributed by atoms with van der Waals surface area (Å²) in [5.41, 5.74) is 2.73. The highest BCUT2D eigenvalue weighted by atomic mass is 79.9. The minimum atomic E-state index is -0.731. The van der Waals surface area contributed by atoms with Crippen molar-refractivity contribution in [3.63, 3.8) is 0 Å². The molecular weight excluding hydrogens is 550 g/mol. The van der Waals surface area contributed by atoms with Crippen LogP contribution in [-0.2, 0) is 19.2 Å². The summed E-state index contributed by atoms with van der Waals surface area (Å²) in [6, 6.07) is 12.1. The van der Waals surface area contributed by atoms with Crippen molar-refractivity contribution in [3.05, 3.63) is 86.9 Å². The molecule has 4 atom stereocenters. The maximum atomic E-state index is 13.9. The van der Waals surface area contributed by atoms with Gasteiger partial charge in [0.2, 0.25) is 11.8 Å². The molecular formula is C30H24BrNO6. The van der Waals surface area contributed by atoms with E-state index in [-0.39, 0.29) is 41.3 Å². The van der Waals surface area contributed by atoms with Crippen LogP contribution in [0.4, 0.5) is 5.69 Å². The number of Topliss-reactive ketones (excluding diaryl/α,β-unsaturated/α-hetero) is 1. The second kappa shape index (κ2) is 8.91. The fraction of sp³-hybridized carbons (Fsp3) is 0.267. The first-order valence-electron chi connectivity index (χ1n) is 12.4. The summed E-state index contributed by atoms with van der Waals surface area (Å²) in [6.07, 6.45) is 3.79. The number of ether oxygens (including phenoxy) is 1. The summed E-state index contributed by atoms with van der Waals surface area (Å²) in [6.45, 7) is 1.61. The molecule has 0 saturated carbocycles. The number of carbonyl (C=O) groups is 4. The lowest BCUT2D eigenvalue weighted by molar-refractivity contribution is -0.123. The molecule has 4 aliphatic rings. The second-order valence-corrected chi connectivity index (χ2v) is 11.0. The molecule has 1 heterocycles. The molecule has 1 aliphatic heterocycles. The second-order valence-electron chi connectivity index (χ2n) is 10.1. The third-order valence-electron chi connectivity index (χ3n) is 8.21. The van der Waals surface area contributed by atoms with Crippen LogP contribution in [0.5, 0.6) is 11.5 Å². The van der Waals surface area contributed by atoms with Crippen LogP contribution < -0.4 is 9.64 Å². The summed E-state index contributed by atoms with van der Waals surface area (Å²) < 4.78 is 6.16. The molecule has 2 amide bonds. The van der Waals surface area contributed by atoms with E-state index in [0.29, 0.717) is 34.4 Å². The number of halogens is 1. The number of amides is 2. The van der Waals surface area contributed by atoms with Crippen LogP contribution in [0.3, 0.4) is 0 Å². The molecule has 0 aromatic heterocycles. The third-order valence-corrected chi connectivity index (χ3v) is 8.74. The van der Waals surface area contributed by atoms with Crippen molar-refractivity contribution in [2.45, 2.75) is 25.7 Å². The normalized spacial score (nSPS) is 26.6. The van der Waals surface area contributed by atoms with E-state index in [1.54, 1.807) is 49.4 Å². The predicted octanol–water partition coefficient (Wildman–Crippen LogP) is 4.80. The number of nitrogens with zero attached hydrogens (tertiary/aromatic N) is 1. The topological polar surface area (TPSA) is 101 Å². The monoisotopic (exact) mass is 573 g/mol. The number of methoxy groups -OCH3 is 1. The van der Waals surface area contributed by atoms with Gasteiger partial charge < -0.3 is 9.84 Å². The van der Waals surface area contributed by atoms with Gasteiger partial charge in [0.05, 0.1) is 24.6 Å². The first-order chi connectivity index (χ1) is 18.2. The summed E-state index contributed by atoms with van der Waals surface area (Å²) >= 11 is 3.39. The van der Waals surface area contributed by atoms with Gasteiger partial charge >= 0.3 is 0 Å². The van der Waals surface area contributed by atoms with E-state index in [1.165, 1.54) is 18.1 Å². The average molecular weight is 574 g/mol. The molecule has 1 saturated heterocycles. The smallest absolute Gasteiger partial charge is 0.238 e. The number of hydrogen-bond acceptors (Lipinski definition) is 6. The van der Waals surface area contributed by atoms with Gasteiger partial charge in [-0.1, -0.05) is 39.7 Å². The van der Waals surface area contributed by atoms with E-state index in [2.05, 4.69) is 15.9 Å². The molecule has 38 heavy (non-hydrogen) atoms. The Hall–Kier alpha value is -3.78. The number of carbonyl (C=O) groups excluding carboxylic acids is 4. The molecule has 2 aromatic carbocycles. The number of rotatable bonds is 3. The van der Waals surface area contributed by atoms with Crippen molar-refractivity contribution in [1.82, 2.24) is 0 Å². The summed E-state index contributed by atoms with van der Waals surface area (Å²) in [5, 5.41) is 11.1. The maximum absolute atomic E-state index is 13.9. The molecule has 1 N–H and O–H groups in total. The number of phenolic OH excluding ortho intramolecular Hbond substituents is 1. The van der Waals surface area contributed by atoms with Crippen molar-refractivity contribution >= 4 is 45.0 Å². The standard InChI is InChI=1S/C30H24BrNO6/c1-14-12-22(33)26-21(27(14)34)13-20-17(24(26)18-4-3-5-23(38-2)28(18)35)10-11-19-25(20)30(37)32(29(19)36)16-8-6-15(31)7-9-16/h3-10,12,19-20,24-25,35H,11,13H2,1-2H3. The van der Waals surface area contributed by atoms with Gasteiger partial charge in [-0.15, -0.1) is 0 Å². The number of para-hydroxylation sites is 1. The summed E-state index contributed by atoms with van der Waals surface area (Å²) in [7, 11) is 1.44. The average Bonchev–Trinajstić information content (AvgIpc) is 3.16. The van der Waals surface area contributed by atoms with Gasteiger partial charge in [-0.05, 0) is 62.1 Å². The third kappa shape index (κ3) is 3.46.